The zero-order valence-corrected chi connectivity index (χ0v) is 18.0. The number of ether oxygens (including phenoxy) is 1. The van der Waals surface area contributed by atoms with Gasteiger partial charge in [0, 0.05) is 36.6 Å². The Labute approximate surface area is 174 Å². The number of hydrogen-bond acceptors (Lipinski definition) is 5. The van der Waals surface area contributed by atoms with Crippen LogP contribution in [-0.4, -0.2) is 34.2 Å². The third kappa shape index (κ3) is 5.30. The average molecular weight is 415 g/mol. The van der Waals surface area contributed by atoms with Gasteiger partial charge < -0.3 is 9.64 Å². The van der Waals surface area contributed by atoms with Crippen LogP contribution in [0.1, 0.15) is 29.4 Å². The van der Waals surface area contributed by atoms with Gasteiger partial charge in [0.1, 0.15) is 5.75 Å². The molecule has 7 heteroatoms. The van der Waals surface area contributed by atoms with E-state index in [9.17, 15) is 0 Å². The minimum atomic E-state index is 0.536. The monoisotopic (exact) mass is 414 g/mol. The van der Waals surface area contributed by atoms with Gasteiger partial charge in [0.05, 0.1) is 12.0 Å². The number of halogens is 1. The fourth-order valence-corrected chi connectivity index (χ4v) is 3.18. The molecule has 3 rings (SSSR count). The molecule has 0 aliphatic carbocycles. The molecule has 146 valence electrons. The van der Waals surface area contributed by atoms with Gasteiger partial charge in [-0.25, -0.2) is 4.99 Å². The molecule has 3 aromatic rings. The number of aliphatic imine (C=N–C) groups is 1. The highest BCUT2D eigenvalue weighted by Crippen LogP contribution is 2.32. The third-order valence-electron chi connectivity index (χ3n) is 4.31. The maximum atomic E-state index is 5.99. The molecular formula is C21H23ClN4OS. The van der Waals surface area contributed by atoms with E-state index in [4.69, 9.17) is 16.3 Å². The van der Waals surface area contributed by atoms with Crippen LogP contribution in [0, 0.1) is 13.8 Å². The van der Waals surface area contributed by atoms with E-state index < -0.39 is 0 Å². The number of aryl methyl sites for hydroxylation is 2. The van der Waals surface area contributed by atoms with Crippen molar-refractivity contribution in [3.05, 3.63) is 63.9 Å². The molecule has 0 spiro atoms. The van der Waals surface area contributed by atoms with Crippen molar-refractivity contribution in [2.45, 2.75) is 27.2 Å². The minimum Gasteiger partial charge on any atom is -0.430 e. The molecule has 0 fully saturated rings. The van der Waals surface area contributed by atoms with Crippen molar-refractivity contribution in [3.8, 4) is 10.9 Å². The SMILES string of the molecule is CCN(C)C=Nc1cc(C)c(Oc2nc(Cc3ccc(Cl)cc3)ns2)cc1C. The van der Waals surface area contributed by atoms with Crippen molar-refractivity contribution < 1.29 is 4.74 Å². The largest absolute Gasteiger partial charge is 0.430 e. The number of rotatable bonds is 7. The molecule has 0 aliphatic rings. The fourth-order valence-electron chi connectivity index (χ4n) is 2.50. The zero-order valence-electron chi connectivity index (χ0n) is 16.4. The highest BCUT2D eigenvalue weighted by molar-refractivity contribution is 7.07. The number of benzene rings is 2. The number of nitrogens with zero attached hydrogens (tertiary/aromatic N) is 4. The van der Waals surface area contributed by atoms with Crippen LogP contribution in [0.2, 0.25) is 5.02 Å². The summed E-state index contributed by atoms with van der Waals surface area (Å²) >= 11 is 7.19. The van der Waals surface area contributed by atoms with Gasteiger partial charge in [-0.15, -0.1) is 0 Å². The number of aromatic nitrogens is 2. The van der Waals surface area contributed by atoms with Crippen LogP contribution in [0.5, 0.6) is 10.9 Å². The van der Waals surface area contributed by atoms with E-state index in [0.29, 0.717) is 11.6 Å². The summed E-state index contributed by atoms with van der Waals surface area (Å²) < 4.78 is 10.4. The van der Waals surface area contributed by atoms with Gasteiger partial charge in [-0.05, 0) is 61.7 Å². The lowest BCUT2D eigenvalue weighted by Gasteiger charge is -2.11. The Kier molecular flexibility index (Phi) is 6.65. The van der Waals surface area contributed by atoms with Crippen molar-refractivity contribution in [1.82, 2.24) is 14.3 Å². The molecule has 0 N–H and O–H groups in total. The van der Waals surface area contributed by atoms with Crippen LogP contribution >= 0.6 is 23.1 Å². The second kappa shape index (κ2) is 9.17. The van der Waals surface area contributed by atoms with Crippen LogP contribution in [0.25, 0.3) is 0 Å². The van der Waals surface area contributed by atoms with Crippen molar-refractivity contribution in [1.29, 1.82) is 0 Å². The molecule has 0 radical (unpaired) electrons. The maximum Gasteiger partial charge on any atom is 0.298 e. The van der Waals surface area contributed by atoms with E-state index in [-0.39, 0.29) is 0 Å². The first-order chi connectivity index (χ1) is 13.4. The molecule has 0 aliphatic heterocycles. The van der Waals surface area contributed by atoms with Crippen molar-refractivity contribution in [2.75, 3.05) is 13.6 Å². The molecule has 0 unspecified atom stereocenters. The highest BCUT2D eigenvalue weighted by atomic mass is 35.5. The van der Waals surface area contributed by atoms with Gasteiger partial charge in [0.2, 0.25) is 0 Å². The van der Waals surface area contributed by atoms with E-state index in [1.807, 2.05) is 68.5 Å². The summed E-state index contributed by atoms with van der Waals surface area (Å²) in [7, 11) is 2.00. The topological polar surface area (TPSA) is 50.6 Å². The number of hydrogen-bond donors (Lipinski definition) is 0. The lowest BCUT2D eigenvalue weighted by molar-refractivity contribution is 0.473. The minimum absolute atomic E-state index is 0.536. The van der Waals surface area contributed by atoms with Gasteiger partial charge >= 0.3 is 0 Å². The average Bonchev–Trinajstić information content (AvgIpc) is 3.11. The van der Waals surface area contributed by atoms with Crippen LogP contribution in [-0.2, 0) is 6.42 Å². The first-order valence-corrected chi connectivity index (χ1v) is 10.2. The summed E-state index contributed by atoms with van der Waals surface area (Å²) in [5.41, 5.74) is 4.10. The van der Waals surface area contributed by atoms with E-state index in [1.54, 1.807) is 0 Å². The molecule has 28 heavy (non-hydrogen) atoms. The Balaban J connectivity index is 1.71. The second-order valence-electron chi connectivity index (χ2n) is 6.60. The van der Waals surface area contributed by atoms with Crippen LogP contribution in [0.15, 0.2) is 41.4 Å². The van der Waals surface area contributed by atoms with Gasteiger partial charge in [-0.1, -0.05) is 23.7 Å². The first-order valence-electron chi connectivity index (χ1n) is 9.05. The lowest BCUT2D eigenvalue weighted by atomic mass is 10.1. The van der Waals surface area contributed by atoms with Gasteiger partial charge in [0.15, 0.2) is 5.82 Å². The van der Waals surface area contributed by atoms with Crippen LogP contribution in [0.3, 0.4) is 0 Å². The van der Waals surface area contributed by atoms with E-state index in [1.165, 1.54) is 11.5 Å². The predicted molar refractivity (Wildman–Crippen MR) is 117 cm³/mol. The third-order valence-corrected chi connectivity index (χ3v) is 5.19. The second-order valence-corrected chi connectivity index (χ2v) is 7.75. The Morgan fingerprint density at radius 1 is 1.18 bits per heavy atom. The summed E-state index contributed by atoms with van der Waals surface area (Å²) in [6.45, 7) is 7.03. The molecule has 1 heterocycles. The Morgan fingerprint density at radius 3 is 2.64 bits per heavy atom. The van der Waals surface area contributed by atoms with Gasteiger partial charge in [-0.3, -0.25) is 0 Å². The highest BCUT2D eigenvalue weighted by Gasteiger charge is 2.11. The van der Waals surface area contributed by atoms with Gasteiger partial charge in [0.25, 0.3) is 5.19 Å². The molecule has 1 aromatic heterocycles. The maximum absolute atomic E-state index is 5.99. The molecular weight excluding hydrogens is 392 g/mol. The van der Waals surface area contributed by atoms with E-state index in [2.05, 4.69) is 21.3 Å². The summed E-state index contributed by atoms with van der Waals surface area (Å²) in [6, 6.07) is 11.7. The molecule has 0 atom stereocenters. The summed E-state index contributed by atoms with van der Waals surface area (Å²) in [5, 5.41) is 1.26. The zero-order chi connectivity index (χ0) is 20.1. The summed E-state index contributed by atoms with van der Waals surface area (Å²) in [5.74, 6) is 1.51. The fraction of sp³-hybridized carbons (Fsp3) is 0.286. The smallest absolute Gasteiger partial charge is 0.298 e. The Morgan fingerprint density at radius 2 is 1.93 bits per heavy atom. The molecule has 0 saturated carbocycles. The van der Waals surface area contributed by atoms with E-state index >= 15 is 0 Å². The standard InChI is InChI=1S/C21H23ClN4OS/c1-5-26(4)13-23-18-10-15(3)19(11-14(18)2)27-21-24-20(25-28-21)12-16-6-8-17(22)9-7-16/h6-11,13H,5,12H2,1-4H3. The first kappa shape index (κ1) is 20.3. The van der Waals surface area contributed by atoms with Crippen LogP contribution in [0.4, 0.5) is 5.69 Å². The molecule has 0 bridgehead atoms. The molecule has 0 amide bonds. The Hall–Kier alpha value is -2.44. The summed E-state index contributed by atoms with van der Waals surface area (Å²) in [4.78, 5) is 11.1. The normalized spacial score (nSPS) is 11.2. The molecule has 5 nitrogen and oxygen atoms in total. The van der Waals surface area contributed by atoms with E-state index in [0.717, 1.165) is 45.5 Å². The quantitative estimate of drug-likeness (QED) is 0.362. The van der Waals surface area contributed by atoms with Crippen LogP contribution < -0.4 is 4.74 Å². The van der Waals surface area contributed by atoms with Crippen molar-refractivity contribution >= 4 is 35.2 Å². The van der Waals surface area contributed by atoms with Crippen molar-refractivity contribution in [3.63, 3.8) is 0 Å². The Bertz CT molecular complexity index is 969. The lowest BCUT2D eigenvalue weighted by Crippen LogP contribution is -2.14. The van der Waals surface area contributed by atoms with Crippen molar-refractivity contribution in [2.24, 2.45) is 4.99 Å². The predicted octanol–water partition coefficient (Wildman–Crippen LogP) is 5.80. The molecule has 0 saturated heterocycles. The summed E-state index contributed by atoms with van der Waals surface area (Å²) in [6.07, 6.45) is 2.49. The molecule has 2 aromatic carbocycles. The van der Waals surface area contributed by atoms with Gasteiger partial charge in [-0.2, -0.15) is 9.36 Å².